The molecule has 2 rings (SSSR count). The van der Waals surface area contributed by atoms with Gasteiger partial charge in [-0.15, -0.1) is 0 Å². The highest BCUT2D eigenvalue weighted by Gasteiger charge is 2.17. The third-order valence-corrected chi connectivity index (χ3v) is 4.46. The number of carbonyl (C=O) groups is 2. The standard InChI is InChI=1S/C18H21N3O3S/c1-4-6-14-10-16(23)21-18(20-14)25-12(3)17(24)19-15-8-5-7-13(9-15)11(2)22/h5,7-10,12H,4,6H2,1-3H3,(H,19,24)(H,20,21,23). The Morgan fingerprint density at radius 3 is 2.76 bits per heavy atom. The van der Waals surface area contributed by atoms with Gasteiger partial charge in [0.2, 0.25) is 5.91 Å². The largest absolute Gasteiger partial charge is 0.325 e. The highest BCUT2D eigenvalue weighted by molar-refractivity contribution is 8.00. The van der Waals surface area contributed by atoms with Gasteiger partial charge in [-0.1, -0.05) is 37.2 Å². The zero-order valence-corrected chi connectivity index (χ0v) is 15.3. The van der Waals surface area contributed by atoms with Crippen molar-refractivity contribution in [2.24, 2.45) is 0 Å². The van der Waals surface area contributed by atoms with Crippen molar-refractivity contribution in [2.75, 3.05) is 5.32 Å². The SMILES string of the molecule is CCCc1cc(=O)[nH]c(SC(C)C(=O)Nc2cccc(C(C)=O)c2)n1. The van der Waals surface area contributed by atoms with E-state index >= 15 is 0 Å². The Morgan fingerprint density at radius 2 is 2.08 bits per heavy atom. The summed E-state index contributed by atoms with van der Waals surface area (Å²) in [4.78, 5) is 42.5. The molecule has 1 heterocycles. The average molecular weight is 359 g/mol. The highest BCUT2D eigenvalue weighted by Crippen LogP contribution is 2.21. The van der Waals surface area contributed by atoms with Crippen LogP contribution in [0.5, 0.6) is 0 Å². The first-order chi connectivity index (χ1) is 11.9. The number of nitrogens with zero attached hydrogens (tertiary/aromatic N) is 1. The van der Waals surface area contributed by atoms with E-state index in [1.54, 1.807) is 31.2 Å². The van der Waals surface area contributed by atoms with Gasteiger partial charge in [0, 0.05) is 23.0 Å². The molecule has 0 saturated heterocycles. The number of ketones is 1. The molecule has 0 aliphatic rings. The molecule has 0 saturated carbocycles. The lowest BCUT2D eigenvalue weighted by Crippen LogP contribution is -2.23. The quantitative estimate of drug-likeness (QED) is 0.450. The van der Waals surface area contributed by atoms with Crippen LogP contribution in [0.3, 0.4) is 0 Å². The number of thioether (sulfide) groups is 1. The van der Waals surface area contributed by atoms with Crippen LogP contribution in [-0.2, 0) is 11.2 Å². The molecular weight excluding hydrogens is 338 g/mol. The number of H-pyrrole nitrogens is 1. The fraction of sp³-hybridized carbons (Fsp3) is 0.333. The minimum atomic E-state index is -0.457. The summed E-state index contributed by atoms with van der Waals surface area (Å²) in [6.45, 7) is 5.23. The van der Waals surface area contributed by atoms with E-state index in [4.69, 9.17) is 0 Å². The number of hydrogen-bond donors (Lipinski definition) is 2. The molecule has 25 heavy (non-hydrogen) atoms. The van der Waals surface area contributed by atoms with Gasteiger partial charge < -0.3 is 10.3 Å². The highest BCUT2D eigenvalue weighted by atomic mass is 32.2. The normalized spacial score (nSPS) is 11.8. The van der Waals surface area contributed by atoms with E-state index < -0.39 is 5.25 Å². The second kappa shape index (κ2) is 8.62. The van der Waals surface area contributed by atoms with Crippen LogP contribution in [0.4, 0.5) is 5.69 Å². The Morgan fingerprint density at radius 1 is 1.32 bits per heavy atom. The van der Waals surface area contributed by atoms with E-state index in [-0.39, 0.29) is 17.2 Å². The summed E-state index contributed by atoms with van der Waals surface area (Å²) < 4.78 is 0. The molecule has 1 amide bonds. The third kappa shape index (κ3) is 5.56. The van der Waals surface area contributed by atoms with Gasteiger partial charge in [0.05, 0.1) is 5.25 Å². The lowest BCUT2D eigenvalue weighted by atomic mass is 10.1. The molecule has 0 spiro atoms. The lowest BCUT2D eigenvalue weighted by molar-refractivity contribution is -0.115. The topological polar surface area (TPSA) is 91.9 Å². The van der Waals surface area contributed by atoms with Gasteiger partial charge in [-0.25, -0.2) is 4.98 Å². The molecule has 1 aromatic heterocycles. The van der Waals surface area contributed by atoms with Crippen molar-refractivity contribution in [3.05, 3.63) is 51.9 Å². The van der Waals surface area contributed by atoms with Gasteiger partial charge in [0.25, 0.3) is 5.56 Å². The van der Waals surface area contributed by atoms with Crippen molar-refractivity contribution < 1.29 is 9.59 Å². The minimum Gasteiger partial charge on any atom is -0.325 e. The summed E-state index contributed by atoms with van der Waals surface area (Å²) >= 11 is 1.19. The first-order valence-corrected chi connectivity index (χ1v) is 8.95. The molecule has 7 heteroatoms. The number of benzene rings is 1. The van der Waals surface area contributed by atoms with E-state index in [9.17, 15) is 14.4 Å². The predicted molar refractivity (Wildman–Crippen MR) is 99.2 cm³/mol. The third-order valence-electron chi connectivity index (χ3n) is 3.47. The number of amides is 1. The molecule has 2 aromatic rings. The van der Waals surface area contributed by atoms with E-state index in [1.165, 1.54) is 24.8 Å². The summed E-state index contributed by atoms with van der Waals surface area (Å²) in [6.07, 6.45) is 1.61. The predicted octanol–water partition coefficient (Wildman–Crippen LogP) is 3.04. The van der Waals surface area contributed by atoms with Crippen molar-refractivity contribution in [3.63, 3.8) is 0 Å². The zero-order valence-electron chi connectivity index (χ0n) is 14.5. The number of Topliss-reactive ketones (excluding diaryl/α,β-unsaturated/α-hetero) is 1. The summed E-state index contributed by atoms with van der Waals surface area (Å²) in [7, 11) is 0. The Hall–Kier alpha value is -2.41. The lowest BCUT2D eigenvalue weighted by Gasteiger charge is -2.12. The molecular formula is C18H21N3O3S. The Balaban J connectivity index is 2.06. The number of aryl methyl sites for hydroxylation is 1. The zero-order chi connectivity index (χ0) is 18.4. The van der Waals surface area contributed by atoms with Gasteiger partial charge in [-0.3, -0.25) is 14.4 Å². The minimum absolute atomic E-state index is 0.0620. The molecule has 0 fully saturated rings. The number of carbonyl (C=O) groups excluding carboxylic acids is 2. The Labute approximate surface area is 150 Å². The first-order valence-electron chi connectivity index (χ1n) is 8.07. The van der Waals surface area contributed by atoms with Crippen LogP contribution in [0.25, 0.3) is 0 Å². The number of aromatic amines is 1. The number of rotatable bonds is 7. The van der Waals surface area contributed by atoms with E-state index in [0.717, 1.165) is 18.5 Å². The maximum atomic E-state index is 12.4. The summed E-state index contributed by atoms with van der Waals surface area (Å²) in [5.41, 5.74) is 1.60. The second-order valence-electron chi connectivity index (χ2n) is 5.68. The molecule has 132 valence electrons. The number of nitrogens with one attached hydrogen (secondary N) is 2. The van der Waals surface area contributed by atoms with E-state index in [1.807, 2.05) is 6.92 Å². The number of hydrogen-bond acceptors (Lipinski definition) is 5. The molecule has 6 nitrogen and oxygen atoms in total. The van der Waals surface area contributed by atoms with Crippen molar-refractivity contribution in [1.82, 2.24) is 9.97 Å². The van der Waals surface area contributed by atoms with Crippen LogP contribution >= 0.6 is 11.8 Å². The molecule has 0 aliphatic heterocycles. The smallest absolute Gasteiger partial charge is 0.251 e. The first kappa shape index (κ1) is 18.9. The average Bonchev–Trinajstić information content (AvgIpc) is 2.54. The molecule has 0 radical (unpaired) electrons. The molecule has 0 bridgehead atoms. The van der Waals surface area contributed by atoms with Crippen LogP contribution in [-0.4, -0.2) is 26.9 Å². The molecule has 2 N–H and O–H groups in total. The van der Waals surface area contributed by atoms with Gasteiger partial charge in [-0.2, -0.15) is 0 Å². The van der Waals surface area contributed by atoms with Crippen molar-refractivity contribution in [2.45, 2.75) is 44.0 Å². The fourth-order valence-corrected chi connectivity index (χ4v) is 3.03. The van der Waals surface area contributed by atoms with Crippen LogP contribution in [0.1, 0.15) is 43.2 Å². The van der Waals surface area contributed by atoms with E-state index in [0.29, 0.717) is 16.4 Å². The molecule has 0 aliphatic carbocycles. The molecule has 1 atom stereocenters. The van der Waals surface area contributed by atoms with Crippen LogP contribution in [0, 0.1) is 0 Å². The number of aromatic nitrogens is 2. The fourth-order valence-electron chi connectivity index (χ4n) is 2.20. The monoisotopic (exact) mass is 359 g/mol. The van der Waals surface area contributed by atoms with Crippen molar-refractivity contribution in [3.8, 4) is 0 Å². The van der Waals surface area contributed by atoms with Crippen LogP contribution in [0.15, 0.2) is 40.3 Å². The van der Waals surface area contributed by atoms with Gasteiger partial charge in [0.15, 0.2) is 10.9 Å². The van der Waals surface area contributed by atoms with E-state index in [2.05, 4.69) is 15.3 Å². The van der Waals surface area contributed by atoms with Crippen molar-refractivity contribution in [1.29, 1.82) is 0 Å². The molecule has 1 aromatic carbocycles. The van der Waals surface area contributed by atoms with Crippen LogP contribution < -0.4 is 10.9 Å². The van der Waals surface area contributed by atoms with Crippen LogP contribution in [0.2, 0.25) is 0 Å². The number of anilines is 1. The maximum Gasteiger partial charge on any atom is 0.251 e. The van der Waals surface area contributed by atoms with Gasteiger partial charge in [0.1, 0.15) is 0 Å². The Kier molecular flexibility index (Phi) is 6.52. The summed E-state index contributed by atoms with van der Waals surface area (Å²) in [6, 6.07) is 8.26. The molecule has 1 unspecified atom stereocenters. The van der Waals surface area contributed by atoms with Gasteiger partial charge in [-0.05, 0) is 32.4 Å². The Bertz CT molecular complexity index is 832. The summed E-state index contributed by atoms with van der Waals surface area (Å²) in [5, 5.41) is 2.75. The summed E-state index contributed by atoms with van der Waals surface area (Å²) in [5.74, 6) is -0.290. The van der Waals surface area contributed by atoms with Gasteiger partial charge >= 0.3 is 0 Å². The maximum absolute atomic E-state index is 12.4. The second-order valence-corrected chi connectivity index (χ2v) is 7.01. The van der Waals surface area contributed by atoms with Crippen molar-refractivity contribution >= 4 is 29.1 Å².